The molecule has 0 saturated heterocycles. The molecular formula is C17H18N2O5S. The smallest absolute Gasteiger partial charge is 0.269 e. The van der Waals surface area contributed by atoms with Crippen LogP contribution in [0.2, 0.25) is 0 Å². The lowest BCUT2D eigenvalue weighted by atomic mass is 10.1. The fourth-order valence-electron chi connectivity index (χ4n) is 2.35. The Morgan fingerprint density at radius 2 is 1.76 bits per heavy atom. The van der Waals surface area contributed by atoms with Crippen LogP contribution in [0.15, 0.2) is 53.4 Å². The first kappa shape index (κ1) is 18.6. The highest BCUT2D eigenvalue weighted by Crippen LogP contribution is 2.24. The highest BCUT2D eigenvalue weighted by molar-refractivity contribution is 7.90. The summed E-state index contributed by atoms with van der Waals surface area (Å²) in [4.78, 5) is 24.6. The predicted molar refractivity (Wildman–Crippen MR) is 93.2 cm³/mol. The van der Waals surface area contributed by atoms with E-state index in [1.165, 1.54) is 41.3 Å². The number of nitrogens with zero attached hydrogens (tertiary/aromatic N) is 2. The van der Waals surface area contributed by atoms with Crippen molar-refractivity contribution in [2.75, 3.05) is 13.3 Å². The Morgan fingerprint density at radius 3 is 2.28 bits per heavy atom. The van der Waals surface area contributed by atoms with Crippen LogP contribution < -0.4 is 0 Å². The lowest BCUT2D eigenvalue weighted by molar-refractivity contribution is -0.384. The third kappa shape index (κ3) is 4.21. The number of hydrogen-bond acceptors (Lipinski definition) is 5. The van der Waals surface area contributed by atoms with E-state index in [-0.39, 0.29) is 22.5 Å². The van der Waals surface area contributed by atoms with Crippen LogP contribution in [0, 0.1) is 10.1 Å². The quantitative estimate of drug-likeness (QED) is 0.602. The van der Waals surface area contributed by atoms with E-state index in [1.807, 2.05) is 0 Å². The highest BCUT2D eigenvalue weighted by atomic mass is 32.2. The largest absolute Gasteiger partial charge is 0.335 e. The van der Waals surface area contributed by atoms with Crippen molar-refractivity contribution >= 4 is 21.4 Å². The Bertz CT molecular complexity index is 907. The van der Waals surface area contributed by atoms with Gasteiger partial charge in [-0.15, -0.1) is 0 Å². The van der Waals surface area contributed by atoms with E-state index < -0.39 is 14.8 Å². The second-order valence-corrected chi connectivity index (χ2v) is 7.76. The number of carbonyl (C=O) groups is 1. The normalized spacial score (nSPS) is 12.4. The number of rotatable bonds is 5. The van der Waals surface area contributed by atoms with Gasteiger partial charge in [-0.05, 0) is 36.8 Å². The molecule has 2 aromatic carbocycles. The van der Waals surface area contributed by atoms with E-state index in [0.29, 0.717) is 11.1 Å². The van der Waals surface area contributed by atoms with Crippen LogP contribution in [0.3, 0.4) is 0 Å². The Kier molecular flexibility index (Phi) is 5.22. The molecule has 2 rings (SSSR count). The number of nitro benzene ring substituents is 1. The number of sulfone groups is 1. The SMILES string of the molecule is CC(c1cccc([N+](=O)[O-])c1)N(C)C(=O)c1ccc(S(C)(=O)=O)cc1. The Hall–Kier alpha value is -2.74. The molecular weight excluding hydrogens is 344 g/mol. The molecule has 0 saturated carbocycles. The van der Waals surface area contributed by atoms with Gasteiger partial charge in [0.15, 0.2) is 9.84 Å². The monoisotopic (exact) mass is 362 g/mol. The highest BCUT2D eigenvalue weighted by Gasteiger charge is 2.21. The molecule has 1 unspecified atom stereocenters. The average Bonchev–Trinajstić information content (AvgIpc) is 2.59. The third-order valence-electron chi connectivity index (χ3n) is 3.99. The Balaban J connectivity index is 2.24. The van der Waals surface area contributed by atoms with Gasteiger partial charge in [-0.25, -0.2) is 8.42 Å². The van der Waals surface area contributed by atoms with E-state index in [0.717, 1.165) is 6.26 Å². The maximum absolute atomic E-state index is 12.6. The molecule has 1 amide bonds. The van der Waals surface area contributed by atoms with Gasteiger partial charge in [0.2, 0.25) is 0 Å². The molecule has 25 heavy (non-hydrogen) atoms. The molecule has 0 fully saturated rings. The van der Waals surface area contributed by atoms with Gasteiger partial charge in [0.25, 0.3) is 11.6 Å². The molecule has 2 aromatic rings. The van der Waals surface area contributed by atoms with Crippen molar-refractivity contribution in [3.8, 4) is 0 Å². The van der Waals surface area contributed by atoms with Crippen LogP contribution >= 0.6 is 0 Å². The molecule has 132 valence electrons. The summed E-state index contributed by atoms with van der Waals surface area (Å²) >= 11 is 0. The maximum atomic E-state index is 12.6. The maximum Gasteiger partial charge on any atom is 0.269 e. The van der Waals surface area contributed by atoms with Gasteiger partial charge < -0.3 is 4.90 Å². The fourth-order valence-corrected chi connectivity index (χ4v) is 2.98. The summed E-state index contributed by atoms with van der Waals surface area (Å²) in [6.45, 7) is 1.77. The first-order valence-electron chi connectivity index (χ1n) is 7.43. The van der Waals surface area contributed by atoms with Crippen molar-refractivity contribution in [3.63, 3.8) is 0 Å². The van der Waals surface area contributed by atoms with Crippen molar-refractivity contribution in [3.05, 3.63) is 69.8 Å². The van der Waals surface area contributed by atoms with Crippen LogP contribution in [0.4, 0.5) is 5.69 Å². The van der Waals surface area contributed by atoms with E-state index in [9.17, 15) is 23.3 Å². The topological polar surface area (TPSA) is 97.6 Å². The lowest BCUT2D eigenvalue weighted by Crippen LogP contribution is -2.29. The summed E-state index contributed by atoms with van der Waals surface area (Å²) in [6, 6.07) is 11.4. The molecule has 0 aromatic heterocycles. The number of hydrogen-bond donors (Lipinski definition) is 0. The minimum atomic E-state index is -3.33. The zero-order chi connectivity index (χ0) is 18.8. The van der Waals surface area contributed by atoms with Gasteiger partial charge in [-0.1, -0.05) is 12.1 Å². The van der Waals surface area contributed by atoms with Gasteiger partial charge in [-0.2, -0.15) is 0 Å². The van der Waals surface area contributed by atoms with Crippen LogP contribution in [0.25, 0.3) is 0 Å². The number of nitro groups is 1. The molecule has 0 bridgehead atoms. The first-order valence-corrected chi connectivity index (χ1v) is 9.32. The lowest BCUT2D eigenvalue weighted by Gasteiger charge is -2.25. The summed E-state index contributed by atoms with van der Waals surface area (Å²) in [5.74, 6) is -0.306. The second kappa shape index (κ2) is 7.02. The van der Waals surface area contributed by atoms with E-state index >= 15 is 0 Å². The molecule has 0 aliphatic rings. The second-order valence-electron chi connectivity index (χ2n) is 5.74. The Labute approximate surface area is 146 Å². The molecule has 0 N–H and O–H groups in total. The van der Waals surface area contributed by atoms with Gasteiger partial charge in [0.1, 0.15) is 0 Å². The molecule has 0 aliphatic carbocycles. The number of carbonyl (C=O) groups excluding carboxylic acids is 1. The van der Waals surface area contributed by atoms with Gasteiger partial charge in [-0.3, -0.25) is 14.9 Å². The average molecular weight is 362 g/mol. The van der Waals surface area contributed by atoms with Crippen molar-refractivity contribution in [2.24, 2.45) is 0 Å². The number of benzene rings is 2. The number of amides is 1. The molecule has 8 heteroatoms. The Morgan fingerprint density at radius 1 is 1.16 bits per heavy atom. The van der Waals surface area contributed by atoms with E-state index in [4.69, 9.17) is 0 Å². The zero-order valence-electron chi connectivity index (χ0n) is 14.0. The van der Waals surface area contributed by atoms with E-state index in [1.54, 1.807) is 26.1 Å². The van der Waals surface area contributed by atoms with Gasteiger partial charge in [0, 0.05) is 31.0 Å². The molecule has 0 heterocycles. The van der Waals surface area contributed by atoms with Gasteiger partial charge in [0.05, 0.1) is 15.9 Å². The molecule has 7 nitrogen and oxygen atoms in total. The fraction of sp³-hybridized carbons (Fsp3) is 0.235. The van der Waals surface area contributed by atoms with E-state index in [2.05, 4.69) is 0 Å². The van der Waals surface area contributed by atoms with Crippen molar-refractivity contribution < 1.29 is 18.1 Å². The van der Waals surface area contributed by atoms with Crippen molar-refractivity contribution in [1.29, 1.82) is 0 Å². The standard InChI is InChI=1S/C17H18N2O5S/c1-12(14-5-4-6-15(11-14)19(21)22)18(2)17(20)13-7-9-16(10-8-13)25(3,23)24/h4-12H,1-3H3. The van der Waals surface area contributed by atoms with Crippen molar-refractivity contribution in [1.82, 2.24) is 4.90 Å². The van der Waals surface area contributed by atoms with Gasteiger partial charge >= 0.3 is 0 Å². The predicted octanol–water partition coefficient (Wildman–Crippen LogP) is 2.83. The minimum absolute atomic E-state index is 0.0392. The molecule has 1 atom stereocenters. The summed E-state index contributed by atoms with van der Waals surface area (Å²) in [6.07, 6.45) is 1.10. The summed E-state index contributed by atoms with van der Waals surface area (Å²) in [7, 11) is -1.73. The van der Waals surface area contributed by atoms with Crippen molar-refractivity contribution in [2.45, 2.75) is 17.9 Å². The molecule has 0 spiro atoms. The third-order valence-corrected chi connectivity index (χ3v) is 5.12. The first-order chi connectivity index (χ1) is 11.6. The van der Waals surface area contributed by atoms with Crippen LogP contribution in [0.5, 0.6) is 0 Å². The summed E-state index contributed by atoms with van der Waals surface area (Å²) in [5.41, 5.74) is 0.938. The summed E-state index contributed by atoms with van der Waals surface area (Å²) < 4.78 is 23.0. The molecule has 0 radical (unpaired) electrons. The number of non-ortho nitro benzene ring substituents is 1. The zero-order valence-corrected chi connectivity index (χ0v) is 14.9. The van der Waals surface area contributed by atoms with Crippen LogP contribution in [-0.4, -0.2) is 37.5 Å². The van der Waals surface area contributed by atoms with Crippen LogP contribution in [-0.2, 0) is 9.84 Å². The summed E-state index contributed by atoms with van der Waals surface area (Å²) in [5, 5.41) is 10.9. The minimum Gasteiger partial charge on any atom is -0.335 e. The van der Waals surface area contributed by atoms with Crippen LogP contribution in [0.1, 0.15) is 28.9 Å². The molecule has 0 aliphatic heterocycles.